The first-order valence-corrected chi connectivity index (χ1v) is 14.7. The van der Waals surface area contributed by atoms with Crippen molar-refractivity contribution in [3.63, 3.8) is 0 Å². The minimum Gasteiger partial charge on any atom is -0.481 e. The Kier molecular flexibility index (Phi) is 21.6. The quantitative estimate of drug-likeness (QED) is 0.0347. The summed E-state index contributed by atoms with van der Waals surface area (Å²) >= 11 is 0. The predicted molar refractivity (Wildman–Crippen MR) is 164 cm³/mol. The number of ether oxygens (including phenoxy) is 7. The lowest BCUT2D eigenvalue weighted by Gasteiger charge is -2.36. The first-order valence-electron chi connectivity index (χ1n) is 14.7. The molecule has 0 saturated carbocycles. The molecule has 0 aromatic rings. The molecule has 0 aliphatic heterocycles. The van der Waals surface area contributed by atoms with Crippen LogP contribution in [0.5, 0.6) is 0 Å². The van der Waals surface area contributed by atoms with Crippen molar-refractivity contribution in [3.05, 3.63) is 38.0 Å². The van der Waals surface area contributed by atoms with Crippen molar-refractivity contribution in [1.29, 1.82) is 0 Å². The summed E-state index contributed by atoms with van der Waals surface area (Å²) in [5.41, 5.74) is -3.40. The second-order valence-electron chi connectivity index (χ2n) is 10.7. The van der Waals surface area contributed by atoms with Crippen LogP contribution in [0.15, 0.2) is 38.0 Å². The Morgan fingerprint density at radius 2 is 0.840 bits per heavy atom. The van der Waals surface area contributed by atoms with Crippen LogP contribution in [0.2, 0.25) is 0 Å². The van der Waals surface area contributed by atoms with Crippen LogP contribution >= 0.6 is 0 Å². The van der Waals surface area contributed by atoms with E-state index >= 15 is 0 Å². The van der Waals surface area contributed by atoms with Crippen LogP contribution in [-0.4, -0.2) is 127 Å². The molecule has 50 heavy (non-hydrogen) atoms. The molecule has 0 radical (unpaired) electrons. The van der Waals surface area contributed by atoms with Crippen LogP contribution in [0.3, 0.4) is 0 Å². The van der Waals surface area contributed by atoms with Gasteiger partial charge < -0.3 is 53.6 Å². The van der Waals surface area contributed by atoms with E-state index in [1.165, 1.54) is 0 Å². The number of carboxylic acids is 3. The van der Waals surface area contributed by atoms with Gasteiger partial charge in [-0.15, -0.1) is 0 Å². The average molecular weight is 719 g/mol. The van der Waals surface area contributed by atoms with Crippen molar-refractivity contribution in [2.45, 2.75) is 44.8 Å². The molecule has 280 valence electrons. The molecule has 19 heteroatoms. The maximum Gasteiger partial charge on any atom is 0.330 e. The van der Waals surface area contributed by atoms with Gasteiger partial charge in [0.25, 0.3) is 0 Å². The number of esters is 5. The molecule has 0 aromatic heterocycles. The lowest BCUT2D eigenvalue weighted by atomic mass is 9.90. The number of rotatable bonds is 29. The van der Waals surface area contributed by atoms with E-state index in [2.05, 4.69) is 19.7 Å². The number of aliphatic carboxylic acids is 3. The highest BCUT2D eigenvalue weighted by atomic mass is 16.6. The first kappa shape index (κ1) is 44.9. The van der Waals surface area contributed by atoms with Gasteiger partial charge >= 0.3 is 47.8 Å². The fraction of sp³-hybridized carbons (Fsp3) is 0.548. The topological polar surface area (TPSA) is 282 Å². The van der Waals surface area contributed by atoms with Gasteiger partial charge in [-0.1, -0.05) is 19.7 Å². The third kappa shape index (κ3) is 21.0. The van der Waals surface area contributed by atoms with E-state index in [0.29, 0.717) is 0 Å². The summed E-state index contributed by atoms with van der Waals surface area (Å²) in [6.07, 6.45) is -2.49. The maximum atomic E-state index is 12.4. The zero-order chi connectivity index (χ0) is 38.2. The van der Waals surface area contributed by atoms with Crippen molar-refractivity contribution in [1.82, 2.24) is 0 Å². The van der Waals surface area contributed by atoms with Crippen LogP contribution in [-0.2, 0) is 71.5 Å². The molecule has 0 aliphatic rings. The Bertz CT molecular complexity index is 1130. The highest BCUT2D eigenvalue weighted by Gasteiger charge is 2.40. The molecule has 0 aliphatic carbocycles. The van der Waals surface area contributed by atoms with Crippen molar-refractivity contribution in [2.24, 2.45) is 10.8 Å². The van der Waals surface area contributed by atoms with E-state index in [4.69, 9.17) is 48.5 Å². The molecular weight excluding hydrogens is 676 g/mol. The largest absolute Gasteiger partial charge is 0.481 e. The van der Waals surface area contributed by atoms with Gasteiger partial charge in [0.2, 0.25) is 0 Å². The molecule has 0 fully saturated rings. The molecule has 0 saturated heterocycles. The Morgan fingerprint density at radius 3 is 1.18 bits per heavy atom. The summed E-state index contributed by atoms with van der Waals surface area (Å²) in [5, 5.41) is 37.0. The SMILES string of the molecule is C=CC(=O)OCC(COCC(COC(=O)CCC(=O)O)(COC(=O)CCC(=O)O)COC(O)CCC(=O)O)(COC(=O)C=C)COC(=O)C=C. The fourth-order valence-electron chi connectivity index (χ4n) is 3.47. The number of carbonyl (C=O) groups is 8. The standard InChI is InChI=1S/C31H42O19/c1-4-24(38)45-15-30(16-46-25(39)5-2,17-47-26(40)6-3)13-44-14-31(18-48-27(41)10-7-21(32)33,19-49-28(42)11-8-22(34)35)20-50-29(43)12-9-23(36)37/h4-6,27,41H,1-3,7-20H2,(H,32,33)(H,34,35)(H,36,37). The summed E-state index contributed by atoms with van der Waals surface area (Å²) in [5.74, 6) is -8.66. The molecule has 0 aromatic carbocycles. The smallest absolute Gasteiger partial charge is 0.330 e. The molecule has 0 heterocycles. The van der Waals surface area contributed by atoms with E-state index < -0.39 is 156 Å². The van der Waals surface area contributed by atoms with Gasteiger partial charge in [0, 0.05) is 24.6 Å². The van der Waals surface area contributed by atoms with E-state index in [-0.39, 0.29) is 0 Å². The van der Waals surface area contributed by atoms with Crippen LogP contribution in [0.25, 0.3) is 0 Å². The summed E-state index contributed by atoms with van der Waals surface area (Å²) in [4.78, 5) is 93.4. The van der Waals surface area contributed by atoms with Gasteiger partial charge in [0.1, 0.15) is 33.0 Å². The predicted octanol–water partition coefficient (Wildman–Crippen LogP) is 0.179. The lowest BCUT2D eigenvalue weighted by Crippen LogP contribution is -2.47. The molecule has 1 unspecified atom stereocenters. The minimum absolute atomic E-state index is 0.399. The molecule has 4 N–H and O–H groups in total. The number of aliphatic hydroxyl groups is 1. The van der Waals surface area contributed by atoms with Gasteiger partial charge in [-0.3, -0.25) is 24.0 Å². The number of hydrogen-bond acceptors (Lipinski definition) is 16. The van der Waals surface area contributed by atoms with E-state index in [9.17, 15) is 43.5 Å². The van der Waals surface area contributed by atoms with Crippen molar-refractivity contribution >= 4 is 47.8 Å². The lowest BCUT2D eigenvalue weighted by molar-refractivity contribution is -0.186. The molecular formula is C31H42O19. The van der Waals surface area contributed by atoms with Crippen molar-refractivity contribution in [2.75, 3.05) is 52.9 Å². The van der Waals surface area contributed by atoms with Crippen LogP contribution in [0, 0.1) is 10.8 Å². The zero-order valence-corrected chi connectivity index (χ0v) is 27.2. The maximum absolute atomic E-state index is 12.4. The molecule has 0 amide bonds. The van der Waals surface area contributed by atoms with Gasteiger partial charge in [0.15, 0.2) is 6.29 Å². The number of hydrogen-bond donors (Lipinski definition) is 4. The van der Waals surface area contributed by atoms with E-state index in [1.54, 1.807) is 0 Å². The van der Waals surface area contributed by atoms with E-state index in [1.807, 2.05) is 0 Å². The van der Waals surface area contributed by atoms with Crippen LogP contribution in [0.4, 0.5) is 0 Å². The molecule has 1 atom stereocenters. The first-order chi connectivity index (χ1) is 23.5. The normalized spacial score (nSPS) is 11.6. The number of carbonyl (C=O) groups excluding carboxylic acids is 5. The summed E-state index contributed by atoms with van der Waals surface area (Å²) in [7, 11) is 0. The Morgan fingerprint density at radius 1 is 0.500 bits per heavy atom. The molecule has 0 bridgehead atoms. The Labute approximate surface area is 286 Å². The van der Waals surface area contributed by atoms with Gasteiger partial charge in [-0.25, -0.2) is 14.4 Å². The van der Waals surface area contributed by atoms with Crippen molar-refractivity contribution < 1.29 is 91.9 Å². The second kappa shape index (κ2) is 24.1. The van der Waals surface area contributed by atoms with Gasteiger partial charge in [-0.2, -0.15) is 0 Å². The number of aliphatic hydroxyl groups excluding tert-OH is 1. The average Bonchev–Trinajstić information content (AvgIpc) is 3.08. The van der Waals surface area contributed by atoms with E-state index in [0.717, 1.165) is 18.2 Å². The minimum atomic E-state index is -1.76. The summed E-state index contributed by atoms with van der Waals surface area (Å²) in [6, 6.07) is 0. The second-order valence-corrected chi connectivity index (χ2v) is 10.7. The Balaban J connectivity index is 6.59. The highest BCUT2D eigenvalue weighted by molar-refractivity contribution is 5.82. The zero-order valence-electron chi connectivity index (χ0n) is 27.2. The van der Waals surface area contributed by atoms with Gasteiger partial charge in [-0.05, 0) is 0 Å². The Hall–Kier alpha value is -5.14. The molecule has 0 spiro atoms. The third-order valence-electron chi connectivity index (χ3n) is 6.23. The fourth-order valence-corrected chi connectivity index (χ4v) is 3.47. The monoisotopic (exact) mass is 718 g/mol. The summed E-state index contributed by atoms with van der Waals surface area (Å²) in [6.45, 7) is 4.75. The van der Waals surface area contributed by atoms with Crippen molar-refractivity contribution in [3.8, 4) is 0 Å². The molecule has 0 rings (SSSR count). The van der Waals surface area contributed by atoms with Gasteiger partial charge in [0.05, 0.1) is 62.8 Å². The highest BCUT2D eigenvalue weighted by Crippen LogP contribution is 2.27. The van der Waals surface area contributed by atoms with Crippen LogP contribution in [0.1, 0.15) is 38.5 Å². The number of carboxylic acid groups (broad SMARTS) is 3. The van der Waals surface area contributed by atoms with Crippen LogP contribution < -0.4 is 0 Å². The third-order valence-corrected chi connectivity index (χ3v) is 6.23. The molecule has 19 nitrogen and oxygen atoms in total. The summed E-state index contributed by atoms with van der Waals surface area (Å²) < 4.78 is 37.1.